The molecule has 8 heteroatoms. The zero-order valence-corrected chi connectivity index (χ0v) is 18.5. The summed E-state index contributed by atoms with van der Waals surface area (Å²) in [6.45, 7) is 5.83. The van der Waals surface area contributed by atoms with Crippen molar-refractivity contribution in [3.05, 3.63) is 63.7 Å². The molecular weight excluding hydrogens is 408 g/mol. The fourth-order valence-electron chi connectivity index (χ4n) is 3.05. The minimum Gasteiger partial charge on any atom is -0.461 e. The highest BCUT2D eigenvalue weighted by molar-refractivity contribution is 7.98. The molecule has 0 spiro atoms. The standard InChI is InChI=1S/C21H23ClN4O2S/c1-13-17(14(2)24-21(23-13)29-4)10-11-19(27)28-12-18-15(3)25-26(20(18)22)16-8-6-5-7-9-16/h5-9H,10-12H2,1-4H3. The van der Waals surface area contributed by atoms with Crippen molar-refractivity contribution in [1.29, 1.82) is 0 Å². The largest absolute Gasteiger partial charge is 0.461 e. The number of rotatable bonds is 7. The molecule has 0 saturated carbocycles. The van der Waals surface area contributed by atoms with Crippen molar-refractivity contribution in [3.8, 4) is 5.69 Å². The molecule has 0 fully saturated rings. The van der Waals surface area contributed by atoms with Crippen LogP contribution in [0, 0.1) is 20.8 Å². The molecule has 3 rings (SSSR count). The molecule has 0 aliphatic rings. The van der Waals surface area contributed by atoms with Crippen molar-refractivity contribution < 1.29 is 9.53 Å². The van der Waals surface area contributed by atoms with E-state index in [2.05, 4.69) is 15.1 Å². The third kappa shape index (κ3) is 4.97. The summed E-state index contributed by atoms with van der Waals surface area (Å²) in [7, 11) is 0. The molecule has 0 radical (unpaired) electrons. The lowest BCUT2D eigenvalue weighted by molar-refractivity contribution is -0.144. The van der Waals surface area contributed by atoms with Crippen LogP contribution in [0.2, 0.25) is 5.15 Å². The first kappa shape index (κ1) is 21.3. The van der Waals surface area contributed by atoms with E-state index in [4.69, 9.17) is 16.3 Å². The minimum atomic E-state index is -0.291. The molecule has 0 bridgehead atoms. The predicted molar refractivity (Wildman–Crippen MR) is 115 cm³/mol. The SMILES string of the molecule is CSc1nc(C)c(CCC(=O)OCc2c(C)nn(-c3ccccc3)c2Cl)c(C)n1. The second-order valence-corrected chi connectivity index (χ2v) is 7.75. The number of thioether (sulfide) groups is 1. The number of hydrogen-bond acceptors (Lipinski definition) is 6. The Morgan fingerprint density at radius 3 is 2.34 bits per heavy atom. The zero-order valence-electron chi connectivity index (χ0n) is 16.9. The van der Waals surface area contributed by atoms with Crippen molar-refractivity contribution in [1.82, 2.24) is 19.7 Å². The van der Waals surface area contributed by atoms with Gasteiger partial charge in [-0.1, -0.05) is 41.6 Å². The number of ether oxygens (including phenoxy) is 1. The van der Waals surface area contributed by atoms with E-state index in [0.717, 1.165) is 33.5 Å². The van der Waals surface area contributed by atoms with Gasteiger partial charge in [0.15, 0.2) is 5.16 Å². The van der Waals surface area contributed by atoms with Gasteiger partial charge in [-0.3, -0.25) is 4.79 Å². The normalized spacial score (nSPS) is 10.9. The molecule has 0 amide bonds. The zero-order chi connectivity index (χ0) is 21.0. The van der Waals surface area contributed by atoms with E-state index < -0.39 is 0 Å². The maximum Gasteiger partial charge on any atom is 0.306 e. The molecule has 152 valence electrons. The van der Waals surface area contributed by atoms with Crippen molar-refractivity contribution in [2.75, 3.05) is 6.26 Å². The van der Waals surface area contributed by atoms with Gasteiger partial charge in [-0.25, -0.2) is 14.6 Å². The van der Waals surface area contributed by atoms with Crippen LogP contribution in [0.3, 0.4) is 0 Å². The lowest BCUT2D eigenvalue weighted by Gasteiger charge is -2.10. The number of hydrogen-bond donors (Lipinski definition) is 0. The van der Waals surface area contributed by atoms with Crippen LogP contribution in [0.1, 0.15) is 34.6 Å². The smallest absolute Gasteiger partial charge is 0.306 e. The van der Waals surface area contributed by atoms with E-state index >= 15 is 0 Å². The molecule has 0 atom stereocenters. The molecule has 2 aromatic heterocycles. The van der Waals surface area contributed by atoms with E-state index in [-0.39, 0.29) is 19.0 Å². The first-order chi connectivity index (χ1) is 13.9. The third-order valence-electron chi connectivity index (χ3n) is 4.66. The first-order valence-corrected chi connectivity index (χ1v) is 10.8. The van der Waals surface area contributed by atoms with Gasteiger partial charge in [-0.2, -0.15) is 5.10 Å². The second-order valence-electron chi connectivity index (χ2n) is 6.62. The number of benzene rings is 1. The highest BCUT2D eigenvalue weighted by Crippen LogP contribution is 2.24. The van der Waals surface area contributed by atoms with Crippen molar-refractivity contribution in [2.24, 2.45) is 0 Å². The molecule has 6 nitrogen and oxygen atoms in total. The average Bonchev–Trinajstić information content (AvgIpc) is 2.99. The Morgan fingerprint density at radius 1 is 1.07 bits per heavy atom. The number of nitrogens with zero attached hydrogens (tertiary/aromatic N) is 4. The number of esters is 1. The number of aryl methyl sites for hydroxylation is 3. The van der Waals surface area contributed by atoms with Crippen LogP contribution in [0.4, 0.5) is 0 Å². The number of carbonyl (C=O) groups is 1. The van der Waals surface area contributed by atoms with Gasteiger partial charge in [-0.05, 0) is 51.1 Å². The maximum atomic E-state index is 12.3. The van der Waals surface area contributed by atoms with Crippen LogP contribution < -0.4 is 0 Å². The van der Waals surface area contributed by atoms with Crippen LogP contribution in [-0.2, 0) is 22.6 Å². The van der Waals surface area contributed by atoms with Crippen molar-refractivity contribution in [2.45, 2.75) is 45.4 Å². The Morgan fingerprint density at radius 2 is 1.72 bits per heavy atom. The highest BCUT2D eigenvalue weighted by atomic mass is 35.5. The van der Waals surface area contributed by atoms with E-state index in [1.54, 1.807) is 4.68 Å². The Hall–Kier alpha value is -2.38. The van der Waals surface area contributed by atoms with Crippen LogP contribution in [-0.4, -0.2) is 32.0 Å². The van der Waals surface area contributed by atoms with Gasteiger partial charge < -0.3 is 4.74 Å². The lowest BCUT2D eigenvalue weighted by Crippen LogP contribution is -2.09. The average molecular weight is 431 g/mol. The Labute approximate surface area is 179 Å². The van der Waals surface area contributed by atoms with Crippen molar-refractivity contribution >= 4 is 29.3 Å². The van der Waals surface area contributed by atoms with Crippen molar-refractivity contribution in [3.63, 3.8) is 0 Å². The van der Waals surface area contributed by atoms with E-state index in [1.165, 1.54) is 11.8 Å². The Kier molecular flexibility index (Phi) is 6.92. The Balaban J connectivity index is 1.63. The topological polar surface area (TPSA) is 69.9 Å². The van der Waals surface area contributed by atoms with E-state index in [1.807, 2.05) is 57.4 Å². The summed E-state index contributed by atoms with van der Waals surface area (Å²) in [5.41, 5.74) is 5.10. The molecule has 2 heterocycles. The molecule has 3 aromatic rings. The van der Waals surface area contributed by atoms with Gasteiger partial charge in [0.1, 0.15) is 11.8 Å². The number of aromatic nitrogens is 4. The van der Waals surface area contributed by atoms with Crippen LogP contribution in [0.25, 0.3) is 5.69 Å². The second kappa shape index (κ2) is 9.41. The van der Waals surface area contributed by atoms with E-state index in [0.29, 0.717) is 17.1 Å². The quantitative estimate of drug-likeness (QED) is 0.309. The van der Waals surface area contributed by atoms with Crippen LogP contribution in [0.15, 0.2) is 35.5 Å². The predicted octanol–water partition coefficient (Wildman–Crippen LogP) is 4.64. The molecule has 0 aliphatic heterocycles. The first-order valence-electron chi connectivity index (χ1n) is 9.23. The van der Waals surface area contributed by atoms with Gasteiger partial charge in [0, 0.05) is 23.4 Å². The summed E-state index contributed by atoms with van der Waals surface area (Å²) in [4.78, 5) is 21.2. The molecule has 0 unspecified atom stereocenters. The molecule has 1 aromatic carbocycles. The summed E-state index contributed by atoms with van der Waals surface area (Å²) in [5.74, 6) is -0.291. The van der Waals surface area contributed by atoms with Gasteiger partial charge in [0.25, 0.3) is 0 Å². The number of halogens is 1. The van der Waals surface area contributed by atoms with Gasteiger partial charge >= 0.3 is 5.97 Å². The molecule has 0 N–H and O–H groups in total. The monoisotopic (exact) mass is 430 g/mol. The molecule has 0 saturated heterocycles. The van der Waals surface area contributed by atoms with Crippen LogP contribution in [0.5, 0.6) is 0 Å². The highest BCUT2D eigenvalue weighted by Gasteiger charge is 2.17. The van der Waals surface area contributed by atoms with Gasteiger partial charge in [0.2, 0.25) is 0 Å². The minimum absolute atomic E-state index is 0.0935. The molecule has 0 aliphatic carbocycles. The molecular formula is C21H23ClN4O2S. The summed E-state index contributed by atoms with van der Waals surface area (Å²) < 4.78 is 7.11. The third-order valence-corrected chi connectivity index (χ3v) is 5.60. The molecule has 29 heavy (non-hydrogen) atoms. The lowest BCUT2D eigenvalue weighted by atomic mass is 10.1. The summed E-state index contributed by atoms with van der Waals surface area (Å²) >= 11 is 7.99. The number of para-hydroxylation sites is 1. The fraction of sp³-hybridized carbons (Fsp3) is 0.333. The summed E-state index contributed by atoms with van der Waals surface area (Å²) in [5, 5.41) is 5.66. The van der Waals surface area contributed by atoms with Crippen LogP contribution >= 0.6 is 23.4 Å². The summed E-state index contributed by atoms with van der Waals surface area (Å²) in [6.07, 6.45) is 2.74. The summed E-state index contributed by atoms with van der Waals surface area (Å²) in [6, 6.07) is 9.61. The van der Waals surface area contributed by atoms with E-state index in [9.17, 15) is 4.79 Å². The van der Waals surface area contributed by atoms with Gasteiger partial charge in [-0.15, -0.1) is 0 Å². The Bertz CT molecular complexity index is 998. The maximum absolute atomic E-state index is 12.3. The van der Waals surface area contributed by atoms with Gasteiger partial charge in [0.05, 0.1) is 11.4 Å². The number of carbonyl (C=O) groups excluding carboxylic acids is 1. The fourth-order valence-corrected chi connectivity index (χ4v) is 3.83.